The maximum Gasteiger partial charge on any atom is 0.309 e. The number of ether oxygens (including phenoxy) is 2. The Morgan fingerprint density at radius 1 is 1.16 bits per heavy atom. The maximum atomic E-state index is 11.4. The Bertz CT molecular complexity index is 528. The van der Waals surface area contributed by atoms with E-state index in [1.807, 2.05) is 19.1 Å². The van der Waals surface area contributed by atoms with Crippen LogP contribution in [0, 0.1) is 6.92 Å². The van der Waals surface area contributed by atoms with Gasteiger partial charge in [0.05, 0.1) is 20.3 Å². The van der Waals surface area contributed by atoms with Gasteiger partial charge in [0.25, 0.3) is 0 Å². The summed E-state index contributed by atoms with van der Waals surface area (Å²) in [5.41, 5.74) is 1.67. The zero-order valence-corrected chi connectivity index (χ0v) is 11.1. The molecule has 0 radical (unpaired) electrons. The predicted octanol–water partition coefficient (Wildman–Crippen LogP) is 0.299. The van der Waals surface area contributed by atoms with Crippen molar-refractivity contribution in [1.29, 1.82) is 0 Å². The molecule has 0 saturated carbocycles. The van der Waals surface area contributed by atoms with E-state index in [4.69, 9.17) is 9.47 Å². The number of hydrogen-bond donors (Lipinski definition) is 2. The van der Waals surface area contributed by atoms with E-state index in [0.29, 0.717) is 18.0 Å². The van der Waals surface area contributed by atoms with Gasteiger partial charge in [-0.05, 0) is 19.1 Å². The van der Waals surface area contributed by atoms with E-state index in [0.717, 1.165) is 11.1 Å². The van der Waals surface area contributed by atoms with Gasteiger partial charge >= 0.3 is 11.8 Å². The molecule has 1 saturated heterocycles. The first-order valence-corrected chi connectivity index (χ1v) is 5.88. The summed E-state index contributed by atoms with van der Waals surface area (Å²) < 4.78 is 10.6. The summed E-state index contributed by atoms with van der Waals surface area (Å²) >= 11 is 0. The minimum atomic E-state index is -0.633. The van der Waals surface area contributed by atoms with Crippen LogP contribution in [-0.4, -0.2) is 32.6 Å². The molecule has 2 N–H and O–H groups in total. The molecular weight excluding hydrogens is 248 g/mol. The Kier molecular flexibility index (Phi) is 3.59. The van der Waals surface area contributed by atoms with Gasteiger partial charge in [0.2, 0.25) is 0 Å². The fourth-order valence-electron chi connectivity index (χ4n) is 2.20. The highest BCUT2D eigenvalue weighted by Gasteiger charge is 2.28. The lowest BCUT2D eigenvalue weighted by molar-refractivity contribution is -0.141. The van der Waals surface area contributed by atoms with Crippen LogP contribution in [0.3, 0.4) is 0 Å². The summed E-state index contributed by atoms with van der Waals surface area (Å²) in [5.74, 6) is 0.125. The number of carbonyl (C=O) groups excluding carboxylic acids is 2. The molecule has 1 aliphatic rings. The maximum absolute atomic E-state index is 11.4. The average molecular weight is 264 g/mol. The van der Waals surface area contributed by atoms with Gasteiger partial charge in [0, 0.05) is 17.7 Å². The number of hydrogen-bond acceptors (Lipinski definition) is 4. The highest BCUT2D eigenvalue weighted by atomic mass is 16.5. The Morgan fingerprint density at radius 3 is 2.47 bits per heavy atom. The lowest BCUT2D eigenvalue weighted by Gasteiger charge is -2.26. The smallest absolute Gasteiger partial charge is 0.309 e. The Labute approximate surface area is 111 Å². The fraction of sp³-hybridized carbons (Fsp3) is 0.385. The standard InChI is InChI=1S/C13H16N2O4/c1-7-10(18-2)5-4-8(11(7)19-3)9-6-14-12(16)13(17)15-9/h4-5,9H,6H2,1-3H3,(H,14,16)(H,15,17). The van der Waals surface area contributed by atoms with Gasteiger partial charge in [-0.25, -0.2) is 0 Å². The number of piperazine rings is 1. The summed E-state index contributed by atoms with van der Waals surface area (Å²) in [6, 6.07) is 3.34. The molecule has 1 fully saturated rings. The number of methoxy groups -OCH3 is 2. The minimum absolute atomic E-state index is 0.301. The first kappa shape index (κ1) is 13.2. The largest absolute Gasteiger partial charge is 0.496 e. The molecule has 1 aliphatic heterocycles. The Hall–Kier alpha value is -2.24. The van der Waals surface area contributed by atoms with Crippen molar-refractivity contribution >= 4 is 11.8 Å². The van der Waals surface area contributed by atoms with Gasteiger partial charge in [-0.2, -0.15) is 0 Å². The highest BCUT2D eigenvalue weighted by Crippen LogP contribution is 2.34. The number of nitrogens with one attached hydrogen (secondary N) is 2. The molecule has 1 aromatic rings. The third kappa shape index (κ3) is 2.33. The van der Waals surface area contributed by atoms with E-state index in [9.17, 15) is 9.59 Å². The lowest BCUT2D eigenvalue weighted by Crippen LogP contribution is -2.51. The second-order valence-corrected chi connectivity index (χ2v) is 4.25. The molecule has 6 heteroatoms. The molecule has 0 spiro atoms. The molecule has 2 amide bonds. The predicted molar refractivity (Wildman–Crippen MR) is 68.2 cm³/mol. The van der Waals surface area contributed by atoms with Crippen LogP contribution in [-0.2, 0) is 9.59 Å². The molecule has 0 aliphatic carbocycles. The van der Waals surface area contributed by atoms with Crippen LogP contribution in [0.5, 0.6) is 11.5 Å². The van der Waals surface area contributed by atoms with Gasteiger partial charge in [0.15, 0.2) is 0 Å². The molecular formula is C13H16N2O4. The van der Waals surface area contributed by atoms with Crippen LogP contribution in [0.2, 0.25) is 0 Å². The molecule has 0 aromatic heterocycles. The van der Waals surface area contributed by atoms with Crippen LogP contribution < -0.4 is 20.1 Å². The van der Waals surface area contributed by atoms with Gasteiger partial charge in [-0.3, -0.25) is 9.59 Å². The summed E-state index contributed by atoms with van der Waals surface area (Å²) in [6.07, 6.45) is 0. The third-order valence-corrected chi connectivity index (χ3v) is 3.16. The minimum Gasteiger partial charge on any atom is -0.496 e. The normalized spacial score (nSPS) is 18.6. The van der Waals surface area contributed by atoms with Crippen LogP contribution in [0.1, 0.15) is 17.2 Å². The SMILES string of the molecule is COc1ccc(C2CNC(=O)C(=O)N2)c(OC)c1C. The van der Waals surface area contributed by atoms with E-state index in [1.165, 1.54) is 0 Å². The second kappa shape index (κ2) is 5.17. The van der Waals surface area contributed by atoms with E-state index < -0.39 is 11.8 Å². The quantitative estimate of drug-likeness (QED) is 0.770. The van der Waals surface area contributed by atoms with E-state index in [1.54, 1.807) is 14.2 Å². The van der Waals surface area contributed by atoms with Gasteiger partial charge in [-0.15, -0.1) is 0 Å². The van der Waals surface area contributed by atoms with Gasteiger partial charge in [0.1, 0.15) is 11.5 Å². The van der Waals surface area contributed by atoms with Crippen molar-refractivity contribution in [3.05, 3.63) is 23.3 Å². The Balaban J connectivity index is 2.37. The summed E-state index contributed by atoms with van der Waals surface area (Å²) in [4.78, 5) is 22.5. The molecule has 1 atom stereocenters. The third-order valence-electron chi connectivity index (χ3n) is 3.16. The number of amides is 2. The topological polar surface area (TPSA) is 76.7 Å². The van der Waals surface area contributed by atoms with E-state index in [2.05, 4.69) is 10.6 Å². The monoisotopic (exact) mass is 264 g/mol. The van der Waals surface area contributed by atoms with Crippen molar-refractivity contribution in [2.75, 3.05) is 20.8 Å². The molecule has 102 valence electrons. The number of benzene rings is 1. The molecule has 0 bridgehead atoms. The van der Waals surface area contributed by atoms with Crippen molar-refractivity contribution in [3.63, 3.8) is 0 Å². The van der Waals surface area contributed by atoms with Crippen molar-refractivity contribution in [1.82, 2.24) is 10.6 Å². The van der Waals surface area contributed by atoms with Gasteiger partial charge in [-0.1, -0.05) is 0 Å². The zero-order valence-electron chi connectivity index (χ0n) is 11.1. The molecule has 6 nitrogen and oxygen atoms in total. The van der Waals surface area contributed by atoms with E-state index in [-0.39, 0.29) is 6.04 Å². The Morgan fingerprint density at radius 2 is 1.89 bits per heavy atom. The molecule has 1 unspecified atom stereocenters. The molecule has 2 rings (SSSR count). The molecule has 19 heavy (non-hydrogen) atoms. The summed E-state index contributed by atoms with van der Waals surface area (Å²) in [5, 5.41) is 5.19. The van der Waals surface area contributed by atoms with Crippen molar-refractivity contribution in [2.24, 2.45) is 0 Å². The van der Waals surface area contributed by atoms with Gasteiger partial charge < -0.3 is 20.1 Å². The first-order valence-electron chi connectivity index (χ1n) is 5.88. The van der Waals surface area contributed by atoms with Crippen molar-refractivity contribution in [3.8, 4) is 11.5 Å². The van der Waals surface area contributed by atoms with Crippen LogP contribution >= 0.6 is 0 Å². The zero-order chi connectivity index (χ0) is 14.0. The lowest BCUT2D eigenvalue weighted by atomic mass is 10.0. The van der Waals surface area contributed by atoms with E-state index >= 15 is 0 Å². The first-order chi connectivity index (χ1) is 9.08. The fourth-order valence-corrected chi connectivity index (χ4v) is 2.20. The average Bonchev–Trinajstić information content (AvgIpc) is 2.41. The molecule has 1 heterocycles. The van der Waals surface area contributed by atoms with Crippen LogP contribution in [0.15, 0.2) is 12.1 Å². The van der Waals surface area contributed by atoms with Crippen molar-refractivity contribution in [2.45, 2.75) is 13.0 Å². The summed E-state index contributed by atoms with van der Waals surface area (Å²) in [7, 11) is 3.15. The van der Waals surface area contributed by atoms with Crippen molar-refractivity contribution < 1.29 is 19.1 Å². The summed E-state index contributed by atoms with van der Waals surface area (Å²) in [6.45, 7) is 2.22. The number of carbonyl (C=O) groups is 2. The highest BCUT2D eigenvalue weighted by molar-refractivity contribution is 6.35. The van der Waals surface area contributed by atoms with Crippen LogP contribution in [0.25, 0.3) is 0 Å². The second-order valence-electron chi connectivity index (χ2n) is 4.25. The number of rotatable bonds is 3. The molecule has 1 aromatic carbocycles. The van der Waals surface area contributed by atoms with Crippen LogP contribution in [0.4, 0.5) is 0 Å².